The van der Waals surface area contributed by atoms with E-state index in [2.05, 4.69) is 47.5 Å². The molecule has 4 unspecified atom stereocenters. The molecule has 2 aliphatic heterocycles. The van der Waals surface area contributed by atoms with Gasteiger partial charge in [-0.2, -0.15) is 0 Å². The minimum Gasteiger partial charge on any atom is -0.377 e. The van der Waals surface area contributed by atoms with Crippen molar-refractivity contribution in [3.8, 4) is 0 Å². The second-order valence-electron chi connectivity index (χ2n) is 9.35. The summed E-state index contributed by atoms with van der Waals surface area (Å²) in [6.07, 6.45) is 6.90. The first kappa shape index (κ1) is 19.4. The molecule has 5 nitrogen and oxygen atoms in total. The summed E-state index contributed by atoms with van der Waals surface area (Å²) in [6.45, 7) is 7.58. The number of likely N-dealkylation sites (tertiary alicyclic amines) is 1. The van der Waals surface area contributed by atoms with Crippen LogP contribution in [0.5, 0.6) is 0 Å². The van der Waals surface area contributed by atoms with Crippen LogP contribution in [0.3, 0.4) is 0 Å². The predicted molar refractivity (Wildman–Crippen MR) is 115 cm³/mol. The third-order valence-corrected chi connectivity index (χ3v) is 7.68. The SMILES string of the molecule is CCN=C(NC1C2CCOC2C12CCC2)N1CCC(COCc2ccccc2)C1. The number of nitrogens with one attached hydrogen (secondary N) is 1. The molecule has 2 aliphatic carbocycles. The lowest BCUT2D eigenvalue weighted by atomic mass is 9.46. The molecule has 158 valence electrons. The first-order chi connectivity index (χ1) is 14.3. The van der Waals surface area contributed by atoms with Crippen LogP contribution in [0.4, 0.5) is 0 Å². The van der Waals surface area contributed by atoms with Crippen molar-refractivity contribution in [2.24, 2.45) is 22.2 Å². The fourth-order valence-electron chi connectivity index (χ4n) is 6.06. The van der Waals surface area contributed by atoms with Crippen LogP contribution in [-0.2, 0) is 16.1 Å². The zero-order valence-electron chi connectivity index (χ0n) is 17.7. The number of benzene rings is 1. The number of ether oxygens (including phenoxy) is 2. The molecule has 1 aromatic carbocycles. The van der Waals surface area contributed by atoms with Crippen molar-refractivity contribution in [3.63, 3.8) is 0 Å². The van der Waals surface area contributed by atoms with Gasteiger partial charge in [0.1, 0.15) is 0 Å². The van der Waals surface area contributed by atoms with E-state index in [1.54, 1.807) is 0 Å². The predicted octanol–water partition coefficient (Wildman–Crippen LogP) is 3.45. The summed E-state index contributed by atoms with van der Waals surface area (Å²) >= 11 is 0. The number of aliphatic imine (C=N–C) groups is 1. The van der Waals surface area contributed by atoms with Gasteiger partial charge in [0.05, 0.1) is 19.3 Å². The average Bonchev–Trinajstić information content (AvgIpc) is 3.33. The van der Waals surface area contributed by atoms with Gasteiger partial charge in [-0.1, -0.05) is 36.8 Å². The quantitative estimate of drug-likeness (QED) is 0.590. The summed E-state index contributed by atoms with van der Waals surface area (Å²) < 4.78 is 12.1. The Morgan fingerprint density at radius 1 is 1.28 bits per heavy atom. The molecule has 0 aromatic heterocycles. The molecule has 29 heavy (non-hydrogen) atoms. The third kappa shape index (κ3) is 3.57. The molecule has 4 atom stereocenters. The smallest absolute Gasteiger partial charge is 0.194 e. The Bertz CT molecular complexity index is 718. The minimum atomic E-state index is 0.396. The van der Waals surface area contributed by atoms with Gasteiger partial charge < -0.3 is 19.7 Å². The standard InChI is InChI=1S/C24H35N3O2/c1-2-25-23(26-21-20-10-14-29-22(20)24(21)11-6-12-24)27-13-9-19(15-27)17-28-16-18-7-4-3-5-8-18/h3-5,7-8,19-22H,2,6,9-17H2,1H3,(H,25,26). The summed E-state index contributed by atoms with van der Waals surface area (Å²) in [6, 6.07) is 11.0. The number of fused-ring (bicyclic) bond motifs is 2. The van der Waals surface area contributed by atoms with E-state index in [-0.39, 0.29) is 0 Å². The Labute approximate surface area is 174 Å². The Balaban J connectivity index is 1.15. The highest BCUT2D eigenvalue weighted by atomic mass is 16.5. The molecule has 1 aromatic rings. The van der Waals surface area contributed by atoms with Gasteiger partial charge >= 0.3 is 0 Å². The van der Waals surface area contributed by atoms with Gasteiger partial charge in [-0.25, -0.2) is 0 Å². The van der Waals surface area contributed by atoms with E-state index in [9.17, 15) is 0 Å². The molecule has 1 spiro atoms. The highest BCUT2D eigenvalue weighted by Crippen LogP contribution is 2.62. The second kappa shape index (κ2) is 8.27. The molecule has 5 rings (SSSR count). The first-order valence-corrected chi connectivity index (χ1v) is 11.6. The zero-order valence-corrected chi connectivity index (χ0v) is 17.7. The van der Waals surface area contributed by atoms with Gasteiger partial charge in [0, 0.05) is 49.5 Å². The summed E-state index contributed by atoms with van der Waals surface area (Å²) in [4.78, 5) is 7.35. The second-order valence-corrected chi connectivity index (χ2v) is 9.35. The molecular formula is C24H35N3O2. The summed E-state index contributed by atoms with van der Waals surface area (Å²) in [5.74, 6) is 2.40. The Kier molecular flexibility index (Phi) is 5.53. The molecule has 4 aliphatic rings. The van der Waals surface area contributed by atoms with Crippen molar-refractivity contribution >= 4 is 5.96 Å². The van der Waals surface area contributed by atoms with Crippen molar-refractivity contribution in [3.05, 3.63) is 35.9 Å². The van der Waals surface area contributed by atoms with Gasteiger partial charge in [-0.15, -0.1) is 0 Å². The van der Waals surface area contributed by atoms with Crippen LogP contribution in [-0.4, -0.2) is 55.9 Å². The van der Waals surface area contributed by atoms with Crippen LogP contribution in [0.25, 0.3) is 0 Å². The van der Waals surface area contributed by atoms with E-state index in [0.29, 0.717) is 36.0 Å². The Hall–Kier alpha value is -1.59. The first-order valence-electron chi connectivity index (χ1n) is 11.6. The maximum Gasteiger partial charge on any atom is 0.194 e. The van der Waals surface area contributed by atoms with E-state index in [1.807, 2.05) is 0 Å². The van der Waals surface area contributed by atoms with Crippen molar-refractivity contribution in [2.75, 3.05) is 32.8 Å². The van der Waals surface area contributed by atoms with Crippen LogP contribution >= 0.6 is 0 Å². The van der Waals surface area contributed by atoms with Crippen LogP contribution in [0.1, 0.15) is 44.6 Å². The molecular weight excluding hydrogens is 362 g/mol. The van der Waals surface area contributed by atoms with Crippen molar-refractivity contribution in [1.82, 2.24) is 10.2 Å². The highest BCUT2D eigenvalue weighted by molar-refractivity contribution is 5.81. The number of rotatable bonds is 6. The maximum absolute atomic E-state index is 6.09. The van der Waals surface area contributed by atoms with E-state index in [0.717, 1.165) is 38.8 Å². The minimum absolute atomic E-state index is 0.396. The van der Waals surface area contributed by atoms with E-state index >= 15 is 0 Å². The van der Waals surface area contributed by atoms with Crippen molar-refractivity contribution in [2.45, 2.75) is 57.8 Å². The molecule has 0 bridgehead atoms. The zero-order chi connectivity index (χ0) is 19.7. The number of hydrogen-bond donors (Lipinski definition) is 1. The van der Waals surface area contributed by atoms with Gasteiger partial charge in [0.2, 0.25) is 0 Å². The molecule has 2 saturated heterocycles. The monoisotopic (exact) mass is 397 g/mol. The van der Waals surface area contributed by atoms with Crippen molar-refractivity contribution < 1.29 is 9.47 Å². The van der Waals surface area contributed by atoms with Crippen LogP contribution in [0.2, 0.25) is 0 Å². The molecule has 2 heterocycles. The molecule has 1 N–H and O–H groups in total. The van der Waals surface area contributed by atoms with Gasteiger partial charge in [0.25, 0.3) is 0 Å². The Morgan fingerprint density at radius 3 is 2.90 bits per heavy atom. The van der Waals surface area contributed by atoms with E-state index in [1.165, 1.54) is 37.7 Å². The molecule has 5 heteroatoms. The normalized spacial score (nSPS) is 32.7. The van der Waals surface area contributed by atoms with Crippen LogP contribution in [0, 0.1) is 17.3 Å². The lowest BCUT2D eigenvalue weighted by Gasteiger charge is -2.63. The number of guanidine groups is 1. The summed E-state index contributed by atoms with van der Waals surface area (Å²) in [5, 5.41) is 3.92. The van der Waals surface area contributed by atoms with Crippen LogP contribution < -0.4 is 5.32 Å². The summed E-state index contributed by atoms with van der Waals surface area (Å²) in [5.41, 5.74) is 1.65. The average molecular weight is 398 g/mol. The highest BCUT2D eigenvalue weighted by Gasteiger charge is 2.66. The van der Waals surface area contributed by atoms with Crippen molar-refractivity contribution in [1.29, 1.82) is 0 Å². The topological polar surface area (TPSA) is 46.1 Å². The third-order valence-electron chi connectivity index (χ3n) is 7.68. The summed E-state index contributed by atoms with van der Waals surface area (Å²) in [7, 11) is 0. The molecule has 0 amide bonds. The number of nitrogens with zero attached hydrogens (tertiary/aromatic N) is 2. The number of hydrogen-bond acceptors (Lipinski definition) is 3. The fraction of sp³-hybridized carbons (Fsp3) is 0.708. The lowest BCUT2D eigenvalue weighted by Crippen LogP contribution is -2.72. The molecule has 0 radical (unpaired) electrons. The van der Waals surface area contributed by atoms with E-state index in [4.69, 9.17) is 14.5 Å². The van der Waals surface area contributed by atoms with E-state index < -0.39 is 0 Å². The lowest BCUT2D eigenvalue weighted by molar-refractivity contribution is -0.171. The van der Waals surface area contributed by atoms with Gasteiger partial charge in [-0.05, 0) is 38.2 Å². The maximum atomic E-state index is 6.09. The Morgan fingerprint density at radius 2 is 2.14 bits per heavy atom. The van der Waals surface area contributed by atoms with Gasteiger partial charge in [0.15, 0.2) is 5.96 Å². The largest absolute Gasteiger partial charge is 0.377 e. The molecule has 2 saturated carbocycles. The fourth-order valence-corrected chi connectivity index (χ4v) is 6.06. The van der Waals surface area contributed by atoms with Gasteiger partial charge in [-0.3, -0.25) is 4.99 Å². The molecule has 4 fully saturated rings. The van der Waals surface area contributed by atoms with Crippen LogP contribution in [0.15, 0.2) is 35.3 Å².